The van der Waals surface area contributed by atoms with E-state index in [4.69, 9.17) is 10.5 Å². The molecule has 0 bridgehead atoms. The molecule has 0 aliphatic carbocycles. The molecule has 0 aliphatic heterocycles. The number of alkyl halides is 3. The second kappa shape index (κ2) is 6.39. The lowest BCUT2D eigenvalue weighted by atomic mass is 9.94. The summed E-state index contributed by atoms with van der Waals surface area (Å²) in [7, 11) is 0. The molecule has 0 saturated heterocycles. The SMILES string of the molecule is N#Cc1cc(O)c(O)c(C#N)c1Cc1ccc(OC(F)(F)F)cc1. The van der Waals surface area contributed by atoms with Gasteiger partial charge in [-0.15, -0.1) is 13.2 Å². The van der Waals surface area contributed by atoms with Crippen LogP contribution in [0.15, 0.2) is 30.3 Å². The lowest BCUT2D eigenvalue weighted by Gasteiger charge is -2.11. The highest BCUT2D eigenvalue weighted by atomic mass is 19.4. The van der Waals surface area contributed by atoms with E-state index >= 15 is 0 Å². The standard InChI is InChI=1S/C16H9F3N2O3/c17-16(18,19)24-11-3-1-9(2-4-11)5-12-10(7-20)6-14(22)15(23)13(12)8-21/h1-4,6,22-23H,5H2. The third kappa shape index (κ3) is 3.68. The summed E-state index contributed by atoms with van der Waals surface area (Å²) in [6.45, 7) is 0. The molecule has 0 atom stereocenters. The molecule has 8 heteroatoms. The number of nitriles is 2. The molecule has 122 valence electrons. The van der Waals surface area contributed by atoms with Crippen molar-refractivity contribution in [2.75, 3.05) is 0 Å². The van der Waals surface area contributed by atoms with Crippen molar-refractivity contribution in [3.05, 3.63) is 52.6 Å². The lowest BCUT2D eigenvalue weighted by Crippen LogP contribution is -2.17. The maximum Gasteiger partial charge on any atom is 0.573 e. The fourth-order valence-corrected chi connectivity index (χ4v) is 2.11. The minimum absolute atomic E-state index is 0.00588. The van der Waals surface area contributed by atoms with Gasteiger partial charge in [-0.25, -0.2) is 0 Å². The highest BCUT2D eigenvalue weighted by molar-refractivity contribution is 5.62. The summed E-state index contributed by atoms with van der Waals surface area (Å²) in [5, 5.41) is 37.4. The fraction of sp³-hybridized carbons (Fsp3) is 0.125. The van der Waals surface area contributed by atoms with E-state index in [0.29, 0.717) is 5.56 Å². The number of nitrogens with zero attached hydrogens (tertiary/aromatic N) is 2. The van der Waals surface area contributed by atoms with Gasteiger partial charge in [0.1, 0.15) is 17.4 Å². The lowest BCUT2D eigenvalue weighted by molar-refractivity contribution is -0.274. The van der Waals surface area contributed by atoms with Gasteiger partial charge in [0.2, 0.25) is 0 Å². The molecule has 0 heterocycles. The van der Waals surface area contributed by atoms with Gasteiger partial charge in [0.15, 0.2) is 11.5 Å². The monoisotopic (exact) mass is 334 g/mol. The van der Waals surface area contributed by atoms with Crippen LogP contribution in [0.5, 0.6) is 17.2 Å². The molecular formula is C16H9F3N2O3. The molecule has 0 aromatic heterocycles. The molecular weight excluding hydrogens is 325 g/mol. The van der Waals surface area contributed by atoms with Gasteiger partial charge in [0.25, 0.3) is 0 Å². The Kier molecular flexibility index (Phi) is 4.52. The van der Waals surface area contributed by atoms with Gasteiger partial charge >= 0.3 is 6.36 Å². The Hall–Kier alpha value is -3.39. The first-order valence-electron chi connectivity index (χ1n) is 6.48. The van der Waals surface area contributed by atoms with Crippen LogP contribution in [0, 0.1) is 22.7 Å². The molecule has 0 amide bonds. The quantitative estimate of drug-likeness (QED) is 0.839. The number of rotatable bonds is 3. The van der Waals surface area contributed by atoms with Gasteiger partial charge < -0.3 is 14.9 Å². The molecule has 0 radical (unpaired) electrons. The second-order valence-corrected chi connectivity index (χ2v) is 4.74. The number of hydrogen-bond donors (Lipinski definition) is 2. The van der Waals surface area contributed by atoms with Crippen molar-refractivity contribution in [3.63, 3.8) is 0 Å². The molecule has 2 N–H and O–H groups in total. The minimum atomic E-state index is -4.80. The minimum Gasteiger partial charge on any atom is -0.504 e. The van der Waals surface area contributed by atoms with Crippen molar-refractivity contribution in [3.8, 4) is 29.4 Å². The van der Waals surface area contributed by atoms with Crippen LogP contribution in [0.25, 0.3) is 0 Å². The molecule has 0 spiro atoms. The predicted molar refractivity (Wildman–Crippen MR) is 75.1 cm³/mol. The molecule has 24 heavy (non-hydrogen) atoms. The van der Waals surface area contributed by atoms with Crippen LogP contribution < -0.4 is 4.74 Å². The molecule has 0 fully saturated rings. The smallest absolute Gasteiger partial charge is 0.504 e. The third-order valence-corrected chi connectivity index (χ3v) is 3.16. The van der Waals surface area contributed by atoms with Gasteiger partial charge in [-0.05, 0) is 23.3 Å². The van der Waals surface area contributed by atoms with Gasteiger partial charge in [-0.1, -0.05) is 12.1 Å². The van der Waals surface area contributed by atoms with E-state index in [1.54, 1.807) is 12.1 Å². The zero-order chi connectivity index (χ0) is 17.9. The van der Waals surface area contributed by atoms with Gasteiger partial charge in [-0.3, -0.25) is 0 Å². The number of phenols is 2. The number of benzene rings is 2. The van der Waals surface area contributed by atoms with Crippen LogP contribution in [-0.2, 0) is 6.42 Å². The van der Waals surface area contributed by atoms with Crippen LogP contribution in [0.2, 0.25) is 0 Å². The van der Waals surface area contributed by atoms with Crippen LogP contribution >= 0.6 is 0 Å². The Morgan fingerprint density at radius 2 is 1.67 bits per heavy atom. The summed E-state index contributed by atoms with van der Waals surface area (Å²) in [4.78, 5) is 0. The molecule has 2 aromatic rings. The van der Waals surface area contributed by atoms with E-state index in [9.17, 15) is 23.4 Å². The highest BCUT2D eigenvalue weighted by Gasteiger charge is 2.31. The zero-order valence-corrected chi connectivity index (χ0v) is 11.9. The van der Waals surface area contributed by atoms with Crippen molar-refractivity contribution >= 4 is 0 Å². The largest absolute Gasteiger partial charge is 0.573 e. The zero-order valence-electron chi connectivity index (χ0n) is 11.9. The maximum absolute atomic E-state index is 12.1. The van der Waals surface area contributed by atoms with Gasteiger partial charge in [0, 0.05) is 12.5 Å². The molecule has 5 nitrogen and oxygen atoms in total. The first-order valence-corrected chi connectivity index (χ1v) is 6.48. The van der Waals surface area contributed by atoms with Crippen LogP contribution in [-0.4, -0.2) is 16.6 Å². The van der Waals surface area contributed by atoms with Crippen LogP contribution in [0.3, 0.4) is 0 Å². The van der Waals surface area contributed by atoms with E-state index in [1.807, 2.05) is 0 Å². The van der Waals surface area contributed by atoms with E-state index in [0.717, 1.165) is 18.2 Å². The molecule has 0 saturated carbocycles. The average molecular weight is 334 g/mol. The summed E-state index contributed by atoms with van der Waals surface area (Å²) in [6.07, 6.45) is -4.79. The Bertz CT molecular complexity index is 847. The van der Waals surface area contributed by atoms with E-state index in [-0.39, 0.29) is 23.1 Å². The maximum atomic E-state index is 12.1. The van der Waals surface area contributed by atoms with Crippen LogP contribution in [0.1, 0.15) is 22.3 Å². The Morgan fingerprint density at radius 1 is 1.04 bits per heavy atom. The van der Waals surface area contributed by atoms with Crippen molar-refractivity contribution in [1.29, 1.82) is 10.5 Å². The molecule has 2 aromatic carbocycles. The summed E-state index contributed by atoms with van der Waals surface area (Å²) in [5.41, 5.74) is 0.377. The summed E-state index contributed by atoms with van der Waals surface area (Å²) in [6, 6.07) is 9.41. The van der Waals surface area contributed by atoms with Crippen molar-refractivity contribution in [1.82, 2.24) is 0 Å². The van der Waals surface area contributed by atoms with E-state index in [2.05, 4.69) is 4.74 Å². The van der Waals surface area contributed by atoms with Gasteiger partial charge in [-0.2, -0.15) is 10.5 Å². The highest BCUT2D eigenvalue weighted by Crippen LogP contribution is 2.34. The molecule has 0 aliphatic rings. The third-order valence-electron chi connectivity index (χ3n) is 3.16. The summed E-state index contributed by atoms with van der Waals surface area (Å²) in [5.74, 6) is -1.65. The average Bonchev–Trinajstić information content (AvgIpc) is 2.51. The number of phenolic OH excluding ortho intramolecular Hbond substituents is 2. The first kappa shape index (κ1) is 17.0. The topological polar surface area (TPSA) is 97.3 Å². The predicted octanol–water partition coefficient (Wildman–Crippen LogP) is 3.33. The van der Waals surface area contributed by atoms with Gasteiger partial charge in [0.05, 0.1) is 11.6 Å². The molecule has 2 rings (SSSR count). The van der Waals surface area contributed by atoms with Crippen molar-refractivity contribution in [2.45, 2.75) is 12.8 Å². The number of aromatic hydroxyl groups is 2. The number of hydrogen-bond acceptors (Lipinski definition) is 5. The Labute approximate surface area is 134 Å². The van der Waals surface area contributed by atoms with Crippen molar-refractivity contribution in [2.24, 2.45) is 0 Å². The first-order chi connectivity index (χ1) is 11.2. The number of halogens is 3. The van der Waals surface area contributed by atoms with Crippen LogP contribution in [0.4, 0.5) is 13.2 Å². The second-order valence-electron chi connectivity index (χ2n) is 4.74. The summed E-state index contributed by atoms with van der Waals surface area (Å²) < 4.78 is 40.1. The normalized spacial score (nSPS) is 10.7. The Balaban J connectivity index is 2.37. The van der Waals surface area contributed by atoms with E-state index < -0.39 is 23.6 Å². The Morgan fingerprint density at radius 3 is 2.17 bits per heavy atom. The summed E-state index contributed by atoms with van der Waals surface area (Å²) >= 11 is 0. The van der Waals surface area contributed by atoms with Crippen molar-refractivity contribution < 1.29 is 28.1 Å². The molecule has 0 unspecified atom stereocenters. The fourth-order valence-electron chi connectivity index (χ4n) is 2.11. The number of ether oxygens (including phenoxy) is 1. The van der Waals surface area contributed by atoms with E-state index in [1.165, 1.54) is 12.1 Å².